The van der Waals surface area contributed by atoms with Crippen LogP contribution in [0, 0.1) is 0 Å². The third kappa shape index (κ3) is 4.96. The molecule has 2 N–H and O–H groups in total. The summed E-state index contributed by atoms with van der Waals surface area (Å²) in [6.07, 6.45) is 1.64. The lowest BCUT2D eigenvalue weighted by atomic mass is 10.2. The summed E-state index contributed by atoms with van der Waals surface area (Å²) in [6, 6.07) is 10.7. The Labute approximate surface area is 128 Å². The zero-order chi connectivity index (χ0) is 15.1. The number of rotatable bonds is 5. The molecule has 0 aliphatic heterocycles. The highest BCUT2D eigenvalue weighted by molar-refractivity contribution is 6.30. The van der Waals surface area contributed by atoms with E-state index in [9.17, 15) is 4.79 Å². The number of aromatic nitrogens is 1. The summed E-state index contributed by atoms with van der Waals surface area (Å²) < 4.78 is 5.03. The number of amides is 2. The van der Waals surface area contributed by atoms with Gasteiger partial charge in [0, 0.05) is 30.4 Å². The predicted molar refractivity (Wildman–Crippen MR) is 81.3 cm³/mol. The lowest BCUT2D eigenvalue weighted by Gasteiger charge is -2.08. The van der Waals surface area contributed by atoms with E-state index in [0.717, 1.165) is 11.1 Å². The normalized spacial score (nSPS) is 10.0. The highest BCUT2D eigenvalue weighted by Gasteiger charge is 2.02. The molecule has 110 valence electrons. The molecule has 0 fully saturated rings. The third-order valence-corrected chi connectivity index (χ3v) is 3.04. The molecule has 2 aromatic rings. The van der Waals surface area contributed by atoms with Crippen LogP contribution in [-0.4, -0.2) is 18.1 Å². The Morgan fingerprint density at radius 2 is 1.90 bits per heavy atom. The Morgan fingerprint density at radius 3 is 2.57 bits per heavy atom. The zero-order valence-corrected chi connectivity index (χ0v) is 12.4. The fourth-order valence-electron chi connectivity index (χ4n) is 1.75. The molecule has 1 heterocycles. The molecule has 0 aliphatic carbocycles. The van der Waals surface area contributed by atoms with Gasteiger partial charge in [-0.2, -0.15) is 0 Å². The van der Waals surface area contributed by atoms with Crippen molar-refractivity contribution in [1.29, 1.82) is 0 Å². The molecule has 2 amide bonds. The first-order valence-corrected chi connectivity index (χ1v) is 6.80. The van der Waals surface area contributed by atoms with Gasteiger partial charge in [-0.05, 0) is 29.3 Å². The summed E-state index contributed by atoms with van der Waals surface area (Å²) in [5.74, 6) is 0.522. The number of hydrogen-bond acceptors (Lipinski definition) is 3. The number of nitrogens with one attached hydrogen (secondary N) is 2. The van der Waals surface area contributed by atoms with E-state index in [1.807, 2.05) is 24.3 Å². The van der Waals surface area contributed by atoms with Crippen LogP contribution in [0.2, 0.25) is 5.02 Å². The molecule has 6 heteroatoms. The van der Waals surface area contributed by atoms with Gasteiger partial charge in [-0.25, -0.2) is 9.78 Å². The van der Waals surface area contributed by atoms with Crippen LogP contribution in [0.1, 0.15) is 11.1 Å². The highest BCUT2D eigenvalue weighted by atomic mass is 35.5. The maximum absolute atomic E-state index is 11.7. The SMILES string of the molecule is COc1cc(CNC(=O)NCc2cccc(Cl)c2)ccn1. The van der Waals surface area contributed by atoms with E-state index >= 15 is 0 Å². The number of pyridine rings is 1. The minimum atomic E-state index is -0.245. The number of urea groups is 1. The molecule has 0 aliphatic rings. The van der Waals surface area contributed by atoms with Crippen molar-refractivity contribution in [3.05, 3.63) is 58.7 Å². The smallest absolute Gasteiger partial charge is 0.315 e. The Kier molecular flexibility index (Phi) is 5.40. The van der Waals surface area contributed by atoms with Crippen molar-refractivity contribution in [2.24, 2.45) is 0 Å². The van der Waals surface area contributed by atoms with E-state index in [0.29, 0.717) is 24.0 Å². The number of carbonyl (C=O) groups excluding carboxylic acids is 1. The minimum absolute atomic E-state index is 0.245. The predicted octanol–water partition coefficient (Wildman–Crippen LogP) is 2.74. The quantitative estimate of drug-likeness (QED) is 0.893. The Balaban J connectivity index is 1.79. The van der Waals surface area contributed by atoms with Gasteiger partial charge in [-0.15, -0.1) is 0 Å². The molecule has 0 spiro atoms. The van der Waals surface area contributed by atoms with Crippen molar-refractivity contribution in [2.75, 3.05) is 7.11 Å². The molecule has 5 nitrogen and oxygen atoms in total. The zero-order valence-electron chi connectivity index (χ0n) is 11.6. The van der Waals surface area contributed by atoms with Gasteiger partial charge in [-0.1, -0.05) is 23.7 Å². The van der Waals surface area contributed by atoms with E-state index < -0.39 is 0 Å². The Hall–Kier alpha value is -2.27. The van der Waals surface area contributed by atoms with E-state index in [1.165, 1.54) is 0 Å². The largest absolute Gasteiger partial charge is 0.481 e. The summed E-state index contributed by atoms with van der Waals surface area (Å²) in [4.78, 5) is 15.7. The number of ether oxygens (including phenoxy) is 1. The average Bonchev–Trinajstić information content (AvgIpc) is 2.51. The van der Waals surface area contributed by atoms with Gasteiger partial charge in [0.25, 0.3) is 0 Å². The van der Waals surface area contributed by atoms with Crippen molar-refractivity contribution in [3.63, 3.8) is 0 Å². The van der Waals surface area contributed by atoms with E-state index in [-0.39, 0.29) is 6.03 Å². The molecule has 0 radical (unpaired) electrons. The van der Waals surface area contributed by atoms with E-state index in [2.05, 4.69) is 15.6 Å². The molecule has 21 heavy (non-hydrogen) atoms. The summed E-state index contributed by atoms with van der Waals surface area (Å²) in [6.45, 7) is 0.826. The molecule has 0 saturated carbocycles. The standard InChI is InChI=1S/C15H16ClN3O2/c1-21-14-8-12(5-6-17-14)10-19-15(20)18-9-11-3-2-4-13(16)7-11/h2-8H,9-10H2,1H3,(H2,18,19,20). The first-order valence-electron chi connectivity index (χ1n) is 6.42. The third-order valence-electron chi connectivity index (χ3n) is 2.80. The molecule has 1 aromatic carbocycles. The van der Waals surface area contributed by atoms with Crippen molar-refractivity contribution in [2.45, 2.75) is 13.1 Å². The van der Waals surface area contributed by atoms with Crippen LogP contribution in [0.4, 0.5) is 4.79 Å². The molecule has 0 saturated heterocycles. The fourth-order valence-corrected chi connectivity index (χ4v) is 1.96. The number of carbonyl (C=O) groups is 1. The van der Waals surface area contributed by atoms with Crippen LogP contribution in [0.3, 0.4) is 0 Å². The maximum atomic E-state index is 11.7. The van der Waals surface area contributed by atoms with Crippen LogP contribution in [0.25, 0.3) is 0 Å². The maximum Gasteiger partial charge on any atom is 0.315 e. The van der Waals surface area contributed by atoms with E-state index in [1.54, 1.807) is 25.4 Å². The first-order chi connectivity index (χ1) is 10.2. The van der Waals surface area contributed by atoms with Gasteiger partial charge in [0.15, 0.2) is 0 Å². The van der Waals surface area contributed by atoms with Crippen LogP contribution in [0.5, 0.6) is 5.88 Å². The number of benzene rings is 1. The number of halogens is 1. The molecule has 1 aromatic heterocycles. The van der Waals surface area contributed by atoms with Crippen LogP contribution >= 0.6 is 11.6 Å². The molecule has 0 unspecified atom stereocenters. The van der Waals surface area contributed by atoms with Gasteiger partial charge >= 0.3 is 6.03 Å². The second-order valence-electron chi connectivity index (χ2n) is 4.37. The van der Waals surface area contributed by atoms with Crippen LogP contribution in [0.15, 0.2) is 42.6 Å². The Bertz CT molecular complexity index is 619. The number of nitrogens with zero attached hydrogens (tertiary/aromatic N) is 1. The molecule has 0 atom stereocenters. The van der Waals surface area contributed by atoms with Crippen molar-refractivity contribution < 1.29 is 9.53 Å². The topological polar surface area (TPSA) is 63.2 Å². The lowest BCUT2D eigenvalue weighted by Crippen LogP contribution is -2.34. The average molecular weight is 306 g/mol. The second kappa shape index (κ2) is 7.50. The summed E-state index contributed by atoms with van der Waals surface area (Å²) in [7, 11) is 1.55. The minimum Gasteiger partial charge on any atom is -0.481 e. The lowest BCUT2D eigenvalue weighted by molar-refractivity contribution is 0.240. The molecule has 0 bridgehead atoms. The number of hydrogen-bond donors (Lipinski definition) is 2. The van der Waals surface area contributed by atoms with Gasteiger partial charge < -0.3 is 15.4 Å². The molecular weight excluding hydrogens is 290 g/mol. The number of methoxy groups -OCH3 is 1. The van der Waals surface area contributed by atoms with Gasteiger partial charge in [0.2, 0.25) is 5.88 Å². The van der Waals surface area contributed by atoms with Crippen molar-refractivity contribution >= 4 is 17.6 Å². The first kappa shape index (κ1) is 15.1. The van der Waals surface area contributed by atoms with Crippen LogP contribution < -0.4 is 15.4 Å². The molecule has 2 rings (SSSR count). The summed E-state index contributed by atoms with van der Waals surface area (Å²) in [5.41, 5.74) is 1.86. The summed E-state index contributed by atoms with van der Waals surface area (Å²) >= 11 is 5.88. The van der Waals surface area contributed by atoms with Crippen LogP contribution in [-0.2, 0) is 13.1 Å². The Morgan fingerprint density at radius 1 is 1.19 bits per heavy atom. The molecular formula is C15H16ClN3O2. The van der Waals surface area contributed by atoms with Gasteiger partial charge in [0.05, 0.1) is 7.11 Å². The van der Waals surface area contributed by atoms with E-state index in [4.69, 9.17) is 16.3 Å². The fraction of sp³-hybridized carbons (Fsp3) is 0.200. The summed E-state index contributed by atoms with van der Waals surface area (Å²) in [5, 5.41) is 6.19. The van der Waals surface area contributed by atoms with Crippen molar-refractivity contribution in [1.82, 2.24) is 15.6 Å². The highest BCUT2D eigenvalue weighted by Crippen LogP contribution is 2.10. The second-order valence-corrected chi connectivity index (χ2v) is 4.81. The van der Waals surface area contributed by atoms with Gasteiger partial charge in [-0.3, -0.25) is 0 Å². The monoisotopic (exact) mass is 305 g/mol. The van der Waals surface area contributed by atoms with Gasteiger partial charge in [0.1, 0.15) is 0 Å². The van der Waals surface area contributed by atoms with Crippen molar-refractivity contribution in [3.8, 4) is 5.88 Å².